The third kappa shape index (κ3) is 4.69. The highest BCUT2D eigenvalue weighted by Gasteiger charge is 2.06. The van der Waals surface area contributed by atoms with Gasteiger partial charge in [0.2, 0.25) is 0 Å². The lowest BCUT2D eigenvalue weighted by Gasteiger charge is -2.12. The molecule has 0 aliphatic carbocycles. The molecule has 0 aliphatic heterocycles. The van der Waals surface area contributed by atoms with Crippen LogP contribution in [0.3, 0.4) is 0 Å². The Morgan fingerprint density at radius 3 is 2.50 bits per heavy atom. The van der Waals surface area contributed by atoms with Gasteiger partial charge in [0, 0.05) is 23.9 Å². The summed E-state index contributed by atoms with van der Waals surface area (Å²) in [6, 6.07) is 24.2. The minimum Gasteiger partial charge on any atom is -0.496 e. The summed E-state index contributed by atoms with van der Waals surface area (Å²) in [6.45, 7) is 1.13. The van der Waals surface area contributed by atoms with Crippen LogP contribution in [0.1, 0.15) is 11.1 Å². The molecule has 0 saturated heterocycles. The minimum atomic E-state index is -0.227. The van der Waals surface area contributed by atoms with Gasteiger partial charge in [-0.15, -0.1) is 0 Å². The molecule has 1 N–H and O–H groups in total. The molecule has 5 heteroatoms. The Labute approximate surface area is 175 Å². The normalized spacial score (nSPS) is 10.7. The number of nitrogens with one attached hydrogen (secondary N) is 1. The zero-order valence-corrected chi connectivity index (χ0v) is 16.8. The highest BCUT2D eigenvalue weighted by molar-refractivity contribution is 5.86. The maximum Gasteiger partial charge on any atom is 0.128 e. The van der Waals surface area contributed by atoms with E-state index in [2.05, 4.69) is 5.32 Å². The highest BCUT2D eigenvalue weighted by atomic mass is 19.1. The maximum absolute atomic E-state index is 13.0. The molecule has 3 aromatic carbocycles. The van der Waals surface area contributed by atoms with Crippen LogP contribution in [-0.4, -0.2) is 18.7 Å². The maximum atomic E-state index is 13.0. The Kier molecular flexibility index (Phi) is 6.09. The van der Waals surface area contributed by atoms with Gasteiger partial charge in [0.1, 0.15) is 23.1 Å². The van der Waals surface area contributed by atoms with Gasteiger partial charge in [-0.05, 0) is 48.0 Å². The Morgan fingerprint density at radius 2 is 1.67 bits per heavy atom. The number of para-hydroxylation sites is 1. The molecule has 0 radical (unpaired) electrons. The second-order valence-corrected chi connectivity index (χ2v) is 6.91. The van der Waals surface area contributed by atoms with Crippen LogP contribution < -0.4 is 14.8 Å². The van der Waals surface area contributed by atoms with Gasteiger partial charge in [-0.3, -0.25) is 0 Å². The summed E-state index contributed by atoms with van der Waals surface area (Å²) >= 11 is 0. The first-order valence-corrected chi connectivity index (χ1v) is 9.86. The van der Waals surface area contributed by atoms with Crippen LogP contribution in [0, 0.1) is 5.82 Å². The molecule has 4 nitrogen and oxygen atoms in total. The summed E-state index contributed by atoms with van der Waals surface area (Å²) in [5.74, 6) is 2.20. The fourth-order valence-corrected chi connectivity index (χ4v) is 3.32. The molecule has 1 aromatic heterocycles. The second-order valence-electron chi connectivity index (χ2n) is 6.91. The molecular formula is C25H23FN2O2. The van der Waals surface area contributed by atoms with Crippen LogP contribution in [0.5, 0.6) is 11.5 Å². The van der Waals surface area contributed by atoms with E-state index in [1.54, 1.807) is 19.2 Å². The number of fused-ring (bicyclic) bond motifs is 1. The van der Waals surface area contributed by atoms with Gasteiger partial charge in [-0.2, -0.15) is 0 Å². The van der Waals surface area contributed by atoms with Gasteiger partial charge in [0.05, 0.1) is 19.2 Å². The average molecular weight is 402 g/mol. The van der Waals surface area contributed by atoms with E-state index >= 15 is 0 Å². The van der Waals surface area contributed by atoms with Crippen molar-refractivity contribution in [2.75, 3.05) is 19.0 Å². The van der Waals surface area contributed by atoms with Gasteiger partial charge >= 0.3 is 0 Å². The molecule has 0 amide bonds. The number of halogens is 1. The van der Waals surface area contributed by atoms with Gasteiger partial charge in [0.15, 0.2) is 0 Å². The minimum absolute atomic E-state index is 0.227. The first kappa shape index (κ1) is 19.7. The van der Waals surface area contributed by atoms with Crippen LogP contribution in [-0.2, 0) is 13.0 Å². The summed E-state index contributed by atoms with van der Waals surface area (Å²) in [4.78, 5) is 4.71. The van der Waals surface area contributed by atoms with Crippen molar-refractivity contribution in [3.63, 3.8) is 0 Å². The Morgan fingerprint density at radius 1 is 0.867 bits per heavy atom. The molecular weight excluding hydrogens is 379 g/mol. The van der Waals surface area contributed by atoms with E-state index in [-0.39, 0.29) is 5.82 Å². The van der Waals surface area contributed by atoms with Gasteiger partial charge in [-0.1, -0.05) is 36.4 Å². The van der Waals surface area contributed by atoms with Crippen LogP contribution in [0.4, 0.5) is 10.2 Å². The van der Waals surface area contributed by atoms with E-state index in [1.807, 2.05) is 54.6 Å². The van der Waals surface area contributed by atoms with E-state index in [4.69, 9.17) is 14.5 Å². The van der Waals surface area contributed by atoms with Gasteiger partial charge in [0.25, 0.3) is 0 Å². The number of hydrogen-bond donors (Lipinski definition) is 1. The standard InChI is InChI=1S/C25H23FN2O2/c1-29-23-7-3-2-5-19(23)17-27-25-14-13-21-22(28-25)6-4-8-24(21)30-16-15-18-9-11-20(26)12-10-18/h2-14H,15-17H2,1H3,(H,27,28). The number of pyridine rings is 1. The monoisotopic (exact) mass is 402 g/mol. The first-order chi connectivity index (χ1) is 14.7. The third-order valence-electron chi connectivity index (χ3n) is 4.91. The van der Waals surface area contributed by atoms with E-state index in [9.17, 15) is 4.39 Å². The SMILES string of the molecule is COc1ccccc1CNc1ccc2c(OCCc3ccc(F)cc3)cccc2n1. The zero-order chi connectivity index (χ0) is 20.8. The zero-order valence-electron chi connectivity index (χ0n) is 16.8. The van der Waals surface area contributed by atoms with Crippen molar-refractivity contribution < 1.29 is 13.9 Å². The van der Waals surface area contributed by atoms with Crippen LogP contribution in [0.2, 0.25) is 0 Å². The van der Waals surface area contributed by atoms with Gasteiger partial charge < -0.3 is 14.8 Å². The topological polar surface area (TPSA) is 43.4 Å². The summed E-state index contributed by atoms with van der Waals surface area (Å²) in [6.07, 6.45) is 0.711. The second kappa shape index (κ2) is 9.27. The van der Waals surface area contributed by atoms with Crippen LogP contribution in [0.25, 0.3) is 10.9 Å². The summed E-state index contributed by atoms with van der Waals surface area (Å²) < 4.78 is 24.4. The molecule has 0 fully saturated rings. The van der Waals surface area contributed by atoms with Crippen molar-refractivity contribution in [2.45, 2.75) is 13.0 Å². The molecule has 30 heavy (non-hydrogen) atoms. The number of nitrogens with zero attached hydrogens (tertiary/aromatic N) is 1. The van der Waals surface area contributed by atoms with Crippen LogP contribution in [0.15, 0.2) is 78.9 Å². The lowest BCUT2D eigenvalue weighted by atomic mass is 10.1. The number of benzene rings is 3. The Bertz CT molecular complexity index is 1130. The largest absolute Gasteiger partial charge is 0.496 e. The fourth-order valence-electron chi connectivity index (χ4n) is 3.32. The van der Waals surface area contributed by atoms with E-state index in [0.29, 0.717) is 19.6 Å². The first-order valence-electron chi connectivity index (χ1n) is 9.86. The molecule has 0 saturated carbocycles. The number of anilines is 1. The number of ether oxygens (including phenoxy) is 2. The fraction of sp³-hybridized carbons (Fsp3) is 0.160. The number of methoxy groups -OCH3 is 1. The van der Waals surface area contributed by atoms with Crippen LogP contribution >= 0.6 is 0 Å². The van der Waals surface area contributed by atoms with Gasteiger partial charge in [-0.25, -0.2) is 9.37 Å². The third-order valence-corrected chi connectivity index (χ3v) is 4.91. The van der Waals surface area contributed by atoms with Crippen molar-refractivity contribution in [3.05, 3.63) is 95.8 Å². The number of rotatable bonds is 8. The van der Waals surface area contributed by atoms with E-state index in [0.717, 1.165) is 39.3 Å². The predicted molar refractivity (Wildman–Crippen MR) is 118 cm³/mol. The summed E-state index contributed by atoms with van der Waals surface area (Å²) in [5.41, 5.74) is 2.97. The Balaban J connectivity index is 1.43. The molecule has 0 unspecified atom stereocenters. The quantitative estimate of drug-likeness (QED) is 0.416. The molecule has 0 bridgehead atoms. The lowest BCUT2D eigenvalue weighted by molar-refractivity contribution is 0.325. The molecule has 152 valence electrons. The van der Waals surface area contributed by atoms with Crippen molar-refractivity contribution in [2.24, 2.45) is 0 Å². The average Bonchev–Trinajstić information content (AvgIpc) is 2.79. The number of aromatic nitrogens is 1. The van der Waals surface area contributed by atoms with Crippen molar-refractivity contribution in [3.8, 4) is 11.5 Å². The molecule has 0 atom stereocenters. The van der Waals surface area contributed by atoms with Crippen molar-refractivity contribution in [1.29, 1.82) is 0 Å². The van der Waals surface area contributed by atoms with Crippen molar-refractivity contribution in [1.82, 2.24) is 4.98 Å². The molecule has 4 aromatic rings. The predicted octanol–water partition coefficient (Wildman–Crippen LogP) is 5.62. The summed E-state index contributed by atoms with van der Waals surface area (Å²) in [5, 5.41) is 4.31. The molecule has 0 spiro atoms. The molecule has 1 heterocycles. The number of hydrogen-bond acceptors (Lipinski definition) is 4. The van der Waals surface area contributed by atoms with Crippen molar-refractivity contribution >= 4 is 16.7 Å². The summed E-state index contributed by atoms with van der Waals surface area (Å²) in [7, 11) is 1.67. The highest BCUT2D eigenvalue weighted by Crippen LogP contribution is 2.26. The van der Waals surface area contributed by atoms with E-state index < -0.39 is 0 Å². The molecule has 0 aliphatic rings. The molecule has 4 rings (SSSR count). The Hall–Kier alpha value is -3.60. The smallest absolute Gasteiger partial charge is 0.128 e. The van der Waals surface area contributed by atoms with E-state index in [1.165, 1.54) is 12.1 Å². The lowest BCUT2D eigenvalue weighted by Crippen LogP contribution is -2.04.